The third kappa shape index (κ3) is 6.99. The molecule has 0 aromatic heterocycles. The summed E-state index contributed by atoms with van der Waals surface area (Å²) in [7, 11) is 1.62. The van der Waals surface area contributed by atoms with Crippen molar-refractivity contribution >= 4 is 29.9 Å². The molecule has 5 nitrogen and oxygen atoms in total. The molecule has 0 radical (unpaired) electrons. The summed E-state index contributed by atoms with van der Waals surface area (Å²) in [5.41, 5.74) is 0.885. The van der Waals surface area contributed by atoms with Gasteiger partial charge in [-0.25, -0.2) is 0 Å². The van der Waals surface area contributed by atoms with Crippen molar-refractivity contribution in [2.24, 2.45) is 0 Å². The first kappa shape index (κ1) is 18.2. The molecule has 0 aliphatic heterocycles. The van der Waals surface area contributed by atoms with Crippen molar-refractivity contribution < 1.29 is 9.59 Å². The van der Waals surface area contributed by atoms with E-state index in [1.54, 1.807) is 7.05 Å². The number of anilines is 1. The average Bonchev–Trinajstić information content (AvgIpc) is 2.36. The molecule has 0 unspecified atom stereocenters. The topological polar surface area (TPSA) is 61.4 Å². The molecule has 0 saturated carbocycles. The van der Waals surface area contributed by atoms with Gasteiger partial charge in [0.05, 0.1) is 13.1 Å². The Bertz CT molecular complexity index is 424. The number of carbonyl (C=O) groups is 2. The van der Waals surface area contributed by atoms with Crippen molar-refractivity contribution in [2.45, 2.75) is 19.9 Å². The monoisotopic (exact) mass is 299 g/mol. The molecule has 0 atom stereocenters. The lowest BCUT2D eigenvalue weighted by molar-refractivity contribution is -0.133. The van der Waals surface area contributed by atoms with Crippen LogP contribution in [0.1, 0.15) is 13.8 Å². The molecule has 6 heteroatoms. The first-order chi connectivity index (χ1) is 8.99. The number of likely N-dealkylation sites (N-methyl/N-ethyl adjacent to an activating group) is 1. The summed E-state index contributed by atoms with van der Waals surface area (Å²) in [6.07, 6.45) is 0. The number of rotatable bonds is 6. The maximum Gasteiger partial charge on any atom is 0.242 e. The van der Waals surface area contributed by atoms with Crippen LogP contribution < -0.4 is 10.6 Å². The molecule has 0 heterocycles. The smallest absolute Gasteiger partial charge is 0.242 e. The van der Waals surface area contributed by atoms with E-state index in [0.717, 1.165) is 5.69 Å². The van der Waals surface area contributed by atoms with Crippen LogP contribution in [0.25, 0.3) is 0 Å². The third-order valence-corrected chi connectivity index (χ3v) is 2.47. The van der Waals surface area contributed by atoms with Gasteiger partial charge in [-0.15, -0.1) is 12.4 Å². The highest BCUT2D eigenvalue weighted by molar-refractivity contribution is 5.86. The molecule has 2 N–H and O–H groups in total. The van der Waals surface area contributed by atoms with E-state index in [0.29, 0.717) is 0 Å². The second kappa shape index (κ2) is 9.20. The lowest BCUT2D eigenvalue weighted by atomic mass is 10.3. The highest BCUT2D eigenvalue weighted by Gasteiger charge is 2.12. The summed E-state index contributed by atoms with van der Waals surface area (Å²) in [5.74, 6) is -0.270. The van der Waals surface area contributed by atoms with E-state index in [1.807, 2.05) is 44.2 Å². The van der Waals surface area contributed by atoms with Crippen molar-refractivity contribution in [3.05, 3.63) is 30.3 Å². The van der Waals surface area contributed by atoms with Crippen LogP contribution in [0, 0.1) is 0 Å². The largest absolute Gasteiger partial charge is 0.376 e. The van der Waals surface area contributed by atoms with Crippen molar-refractivity contribution in [1.82, 2.24) is 10.2 Å². The molecular formula is C14H22ClN3O2. The van der Waals surface area contributed by atoms with Crippen molar-refractivity contribution in [3.63, 3.8) is 0 Å². The van der Waals surface area contributed by atoms with Gasteiger partial charge in [0.25, 0.3) is 0 Å². The molecule has 112 valence electrons. The van der Waals surface area contributed by atoms with E-state index < -0.39 is 0 Å². The van der Waals surface area contributed by atoms with Crippen LogP contribution in [0.2, 0.25) is 0 Å². The molecule has 1 rings (SSSR count). The van der Waals surface area contributed by atoms with Gasteiger partial charge in [-0.2, -0.15) is 0 Å². The zero-order chi connectivity index (χ0) is 14.3. The number of amides is 2. The number of hydrogen-bond donors (Lipinski definition) is 2. The van der Waals surface area contributed by atoms with Crippen LogP contribution in [0.5, 0.6) is 0 Å². The predicted molar refractivity (Wildman–Crippen MR) is 83.1 cm³/mol. The molecule has 0 saturated heterocycles. The van der Waals surface area contributed by atoms with Gasteiger partial charge in [0.1, 0.15) is 0 Å². The molecule has 0 fully saturated rings. The molecule has 1 aromatic carbocycles. The Hall–Kier alpha value is -1.75. The van der Waals surface area contributed by atoms with Gasteiger partial charge in [-0.3, -0.25) is 9.59 Å². The first-order valence-corrected chi connectivity index (χ1v) is 6.31. The molecule has 1 aromatic rings. The minimum atomic E-state index is -0.148. The van der Waals surface area contributed by atoms with Gasteiger partial charge in [0.2, 0.25) is 11.8 Å². The standard InChI is InChI=1S/C14H21N3O2.ClH/c1-11(2)16-13(18)10-17(3)14(19)9-15-12-7-5-4-6-8-12;/h4-8,11,15H,9-10H2,1-3H3,(H,16,18);1H. The fourth-order valence-electron chi connectivity index (χ4n) is 1.54. The fraction of sp³-hybridized carbons (Fsp3) is 0.429. The Morgan fingerprint density at radius 3 is 2.35 bits per heavy atom. The van der Waals surface area contributed by atoms with Crippen LogP contribution in [0.4, 0.5) is 5.69 Å². The van der Waals surface area contributed by atoms with Crippen LogP contribution >= 0.6 is 12.4 Å². The molecular weight excluding hydrogens is 278 g/mol. The molecule has 0 aliphatic carbocycles. The van der Waals surface area contributed by atoms with E-state index in [4.69, 9.17) is 0 Å². The SMILES string of the molecule is CC(C)NC(=O)CN(C)C(=O)CNc1ccccc1.Cl. The van der Waals surface area contributed by atoms with Gasteiger partial charge in [0, 0.05) is 18.8 Å². The van der Waals surface area contributed by atoms with E-state index in [9.17, 15) is 9.59 Å². The van der Waals surface area contributed by atoms with Gasteiger partial charge in [-0.1, -0.05) is 18.2 Å². The first-order valence-electron chi connectivity index (χ1n) is 6.31. The Kier molecular flexibility index (Phi) is 8.40. The zero-order valence-electron chi connectivity index (χ0n) is 12.1. The molecule has 0 bridgehead atoms. The fourth-order valence-corrected chi connectivity index (χ4v) is 1.54. The number of halogens is 1. The summed E-state index contributed by atoms with van der Waals surface area (Å²) in [6, 6.07) is 9.56. The lowest BCUT2D eigenvalue weighted by Crippen LogP contribution is -2.42. The molecule has 2 amide bonds. The molecule has 0 spiro atoms. The second-order valence-corrected chi connectivity index (χ2v) is 4.69. The van der Waals surface area contributed by atoms with Gasteiger partial charge in [0.15, 0.2) is 0 Å². The van der Waals surface area contributed by atoms with E-state index in [1.165, 1.54) is 4.90 Å². The average molecular weight is 300 g/mol. The van der Waals surface area contributed by atoms with Crippen LogP contribution in [-0.2, 0) is 9.59 Å². The third-order valence-electron chi connectivity index (χ3n) is 2.47. The lowest BCUT2D eigenvalue weighted by Gasteiger charge is -2.18. The highest BCUT2D eigenvalue weighted by Crippen LogP contribution is 2.04. The van der Waals surface area contributed by atoms with Crippen molar-refractivity contribution in [1.29, 1.82) is 0 Å². The van der Waals surface area contributed by atoms with Crippen LogP contribution in [0.15, 0.2) is 30.3 Å². The number of nitrogens with one attached hydrogen (secondary N) is 2. The second-order valence-electron chi connectivity index (χ2n) is 4.69. The normalized spacial score (nSPS) is 9.60. The van der Waals surface area contributed by atoms with E-state index in [2.05, 4.69) is 10.6 Å². The minimum Gasteiger partial charge on any atom is -0.376 e. The summed E-state index contributed by atoms with van der Waals surface area (Å²) in [5, 5.41) is 5.77. The quantitative estimate of drug-likeness (QED) is 0.837. The van der Waals surface area contributed by atoms with E-state index in [-0.39, 0.29) is 43.4 Å². The summed E-state index contributed by atoms with van der Waals surface area (Å²) >= 11 is 0. The Labute approximate surface area is 126 Å². The Morgan fingerprint density at radius 2 is 1.80 bits per heavy atom. The zero-order valence-corrected chi connectivity index (χ0v) is 12.9. The van der Waals surface area contributed by atoms with Crippen molar-refractivity contribution in [3.8, 4) is 0 Å². The maximum absolute atomic E-state index is 11.8. The van der Waals surface area contributed by atoms with Crippen LogP contribution in [0.3, 0.4) is 0 Å². The summed E-state index contributed by atoms with van der Waals surface area (Å²) in [4.78, 5) is 24.7. The van der Waals surface area contributed by atoms with E-state index >= 15 is 0 Å². The summed E-state index contributed by atoms with van der Waals surface area (Å²) in [6.45, 7) is 4.02. The Balaban J connectivity index is 0.00000361. The molecule has 20 heavy (non-hydrogen) atoms. The van der Waals surface area contributed by atoms with Crippen LogP contribution in [-0.4, -0.2) is 42.9 Å². The van der Waals surface area contributed by atoms with Crippen molar-refractivity contribution in [2.75, 3.05) is 25.5 Å². The summed E-state index contributed by atoms with van der Waals surface area (Å²) < 4.78 is 0. The number of nitrogens with zero attached hydrogens (tertiary/aromatic N) is 1. The number of para-hydroxylation sites is 1. The predicted octanol–water partition coefficient (Wildman–Crippen LogP) is 1.50. The minimum absolute atomic E-state index is 0. The maximum atomic E-state index is 11.8. The van der Waals surface area contributed by atoms with Gasteiger partial charge < -0.3 is 15.5 Å². The Morgan fingerprint density at radius 1 is 1.20 bits per heavy atom. The van der Waals surface area contributed by atoms with Gasteiger partial charge >= 0.3 is 0 Å². The number of benzene rings is 1. The number of carbonyl (C=O) groups excluding carboxylic acids is 2. The van der Waals surface area contributed by atoms with Gasteiger partial charge in [-0.05, 0) is 26.0 Å². The number of hydrogen-bond acceptors (Lipinski definition) is 3. The highest BCUT2D eigenvalue weighted by atomic mass is 35.5. The molecule has 0 aliphatic rings.